The number of anilines is 1. The zero-order chi connectivity index (χ0) is 28.4. The molecule has 4 rings (SSSR count). The fourth-order valence-electron chi connectivity index (χ4n) is 5.05. The van der Waals surface area contributed by atoms with E-state index in [1.807, 2.05) is 0 Å². The Balaban J connectivity index is 1.64. The molecule has 3 amide bonds. The van der Waals surface area contributed by atoms with Crippen molar-refractivity contribution in [2.24, 2.45) is 28.5 Å². The topological polar surface area (TPSA) is 114 Å². The van der Waals surface area contributed by atoms with Crippen LogP contribution in [0.2, 0.25) is 0 Å². The number of para-hydroxylation sites is 1. The van der Waals surface area contributed by atoms with Gasteiger partial charge in [-0.2, -0.15) is 13.2 Å². The number of rotatable bonds is 9. The van der Waals surface area contributed by atoms with Crippen molar-refractivity contribution in [3.63, 3.8) is 0 Å². The molecule has 3 atom stereocenters. The summed E-state index contributed by atoms with van der Waals surface area (Å²) in [7, 11) is 0. The van der Waals surface area contributed by atoms with Gasteiger partial charge in [0.05, 0.1) is 11.4 Å². The fourth-order valence-corrected chi connectivity index (χ4v) is 5.05. The number of nitrogens with two attached hydrogens (primary N) is 1. The van der Waals surface area contributed by atoms with Gasteiger partial charge in [-0.05, 0) is 24.8 Å². The largest absolute Gasteiger partial charge is 0.389 e. The van der Waals surface area contributed by atoms with Gasteiger partial charge in [0.25, 0.3) is 5.91 Å². The van der Waals surface area contributed by atoms with Crippen LogP contribution in [0.3, 0.4) is 0 Å². The molecule has 1 aliphatic carbocycles. The predicted octanol–water partition coefficient (Wildman–Crippen LogP) is 4.41. The van der Waals surface area contributed by atoms with Gasteiger partial charge in [-0.3, -0.25) is 14.4 Å². The summed E-state index contributed by atoms with van der Waals surface area (Å²) in [5.74, 6) is -9.51. The second kappa shape index (κ2) is 11.1. The van der Waals surface area contributed by atoms with Gasteiger partial charge in [0, 0.05) is 42.2 Å². The molecular weight excluding hydrogens is 523 g/mol. The molecule has 0 aromatic heterocycles. The van der Waals surface area contributed by atoms with E-state index in [4.69, 9.17) is 5.73 Å². The van der Waals surface area contributed by atoms with Gasteiger partial charge in [-0.25, -0.2) is 13.8 Å². The summed E-state index contributed by atoms with van der Waals surface area (Å²) in [6.07, 6.45) is -9.71. The van der Waals surface area contributed by atoms with Crippen LogP contribution in [0.15, 0.2) is 59.6 Å². The predicted molar refractivity (Wildman–Crippen MR) is 133 cm³/mol. The van der Waals surface area contributed by atoms with Crippen molar-refractivity contribution >= 4 is 29.1 Å². The standard InChI is InChI=1S/C27H27F5N4O3/c28-26(29)13-15(14-26)12-19(17(22(33)37)10-11-27(30,31)32)24(38)36-23-25(39)34-20-9-5-4-8-18(20)21(35-23)16-6-2-1-3-7-16/h1-9,15,17,19,23H,10-14H2,(H2,33,37)(H,34,39)(H,36,38)/t17-,19+,23-/m1/s1. The van der Waals surface area contributed by atoms with Crippen molar-refractivity contribution in [2.45, 2.75) is 50.4 Å². The lowest BCUT2D eigenvalue weighted by molar-refractivity contribution is -0.149. The Labute approximate surface area is 221 Å². The van der Waals surface area contributed by atoms with E-state index in [0.29, 0.717) is 22.5 Å². The molecule has 2 aliphatic rings. The molecule has 0 spiro atoms. The van der Waals surface area contributed by atoms with Gasteiger partial charge in [0.2, 0.25) is 23.9 Å². The number of hydrogen-bond donors (Lipinski definition) is 3. The number of hydrogen-bond acceptors (Lipinski definition) is 4. The summed E-state index contributed by atoms with van der Waals surface area (Å²) in [4.78, 5) is 43.2. The number of primary amides is 1. The average molecular weight is 551 g/mol. The summed E-state index contributed by atoms with van der Waals surface area (Å²) >= 11 is 0. The number of benzodiazepines with no additional fused rings is 1. The summed E-state index contributed by atoms with van der Waals surface area (Å²) in [5.41, 5.74) is 7.39. The summed E-state index contributed by atoms with van der Waals surface area (Å²) in [5, 5.41) is 5.11. The van der Waals surface area contributed by atoms with E-state index in [0.717, 1.165) is 0 Å². The highest BCUT2D eigenvalue weighted by Gasteiger charge is 2.48. The van der Waals surface area contributed by atoms with Crippen LogP contribution in [-0.2, 0) is 14.4 Å². The minimum atomic E-state index is -4.62. The highest BCUT2D eigenvalue weighted by molar-refractivity contribution is 6.19. The van der Waals surface area contributed by atoms with E-state index in [2.05, 4.69) is 15.6 Å². The molecule has 12 heteroatoms. The lowest BCUT2D eigenvalue weighted by Crippen LogP contribution is -2.49. The van der Waals surface area contributed by atoms with Gasteiger partial charge < -0.3 is 16.4 Å². The van der Waals surface area contributed by atoms with Crippen LogP contribution in [-0.4, -0.2) is 41.7 Å². The van der Waals surface area contributed by atoms with Crippen molar-refractivity contribution in [2.75, 3.05) is 5.32 Å². The molecule has 1 fully saturated rings. The lowest BCUT2D eigenvalue weighted by Gasteiger charge is -2.38. The first-order valence-corrected chi connectivity index (χ1v) is 12.4. The first-order valence-electron chi connectivity index (χ1n) is 12.4. The van der Waals surface area contributed by atoms with Gasteiger partial charge in [-0.15, -0.1) is 0 Å². The lowest BCUT2D eigenvalue weighted by atomic mass is 9.72. The first-order chi connectivity index (χ1) is 18.3. The second-order valence-electron chi connectivity index (χ2n) is 9.92. The minimum absolute atomic E-state index is 0.281. The Morgan fingerprint density at radius 1 is 1.05 bits per heavy atom. The molecule has 0 saturated heterocycles. The molecule has 1 aliphatic heterocycles. The summed E-state index contributed by atoms with van der Waals surface area (Å²) in [6.45, 7) is 0. The van der Waals surface area contributed by atoms with Crippen molar-refractivity contribution in [1.82, 2.24) is 5.32 Å². The first kappa shape index (κ1) is 28.2. The van der Waals surface area contributed by atoms with Crippen molar-refractivity contribution < 1.29 is 36.3 Å². The number of halogens is 5. The summed E-state index contributed by atoms with van der Waals surface area (Å²) < 4.78 is 65.9. The van der Waals surface area contributed by atoms with Gasteiger partial charge in [0.15, 0.2) is 0 Å². The van der Waals surface area contributed by atoms with E-state index in [-0.39, 0.29) is 6.42 Å². The molecular formula is C27H27F5N4O3. The van der Waals surface area contributed by atoms with Crippen LogP contribution in [0.4, 0.5) is 27.6 Å². The monoisotopic (exact) mass is 550 g/mol. The average Bonchev–Trinajstić information content (AvgIpc) is 2.98. The molecule has 0 unspecified atom stereocenters. The smallest absolute Gasteiger partial charge is 0.369 e. The molecule has 1 heterocycles. The Bertz CT molecular complexity index is 1260. The molecule has 0 radical (unpaired) electrons. The van der Waals surface area contributed by atoms with Crippen molar-refractivity contribution in [3.8, 4) is 0 Å². The van der Waals surface area contributed by atoms with Crippen LogP contribution >= 0.6 is 0 Å². The number of aliphatic imine (C=N–C) groups is 1. The normalized spacial score (nSPS) is 20.4. The third kappa shape index (κ3) is 6.98. The van der Waals surface area contributed by atoms with Crippen LogP contribution < -0.4 is 16.4 Å². The van der Waals surface area contributed by atoms with Crippen LogP contribution in [0, 0.1) is 17.8 Å². The van der Waals surface area contributed by atoms with Crippen LogP contribution in [0.25, 0.3) is 0 Å². The second-order valence-corrected chi connectivity index (χ2v) is 9.92. The number of benzene rings is 2. The molecule has 0 bridgehead atoms. The molecule has 2 aromatic rings. The SMILES string of the molecule is NC(=O)[C@H](CCC(F)(F)F)[C@H](CC1CC(F)(F)C1)C(=O)N[C@H]1N=C(c2ccccc2)c2ccccc2NC1=O. The number of fused-ring (bicyclic) bond motifs is 1. The van der Waals surface area contributed by atoms with E-state index >= 15 is 0 Å². The van der Waals surface area contributed by atoms with Gasteiger partial charge >= 0.3 is 6.18 Å². The van der Waals surface area contributed by atoms with Crippen LogP contribution in [0.1, 0.15) is 43.2 Å². The van der Waals surface area contributed by atoms with Gasteiger partial charge in [-0.1, -0.05) is 48.5 Å². The zero-order valence-electron chi connectivity index (χ0n) is 20.7. The van der Waals surface area contributed by atoms with E-state index in [1.54, 1.807) is 54.6 Å². The zero-order valence-corrected chi connectivity index (χ0v) is 20.7. The Morgan fingerprint density at radius 3 is 2.31 bits per heavy atom. The third-order valence-electron chi connectivity index (χ3n) is 6.96. The van der Waals surface area contributed by atoms with E-state index < -0.39 is 79.4 Å². The number of nitrogens with one attached hydrogen (secondary N) is 2. The number of alkyl halides is 5. The number of carbonyl (C=O) groups is 3. The Kier molecular flexibility index (Phi) is 8.03. The molecule has 4 N–H and O–H groups in total. The fraction of sp³-hybridized carbons (Fsp3) is 0.407. The number of carbonyl (C=O) groups excluding carboxylic acids is 3. The van der Waals surface area contributed by atoms with E-state index in [1.165, 1.54) is 0 Å². The number of nitrogens with zero attached hydrogens (tertiary/aromatic N) is 1. The number of amides is 3. The Hall–Kier alpha value is -3.83. The molecule has 7 nitrogen and oxygen atoms in total. The highest BCUT2D eigenvalue weighted by atomic mass is 19.4. The summed E-state index contributed by atoms with van der Waals surface area (Å²) in [6, 6.07) is 15.6. The maximum absolute atomic E-state index is 13.5. The van der Waals surface area contributed by atoms with Crippen molar-refractivity contribution in [3.05, 3.63) is 65.7 Å². The quantitative estimate of drug-likeness (QED) is 0.402. The highest BCUT2D eigenvalue weighted by Crippen LogP contribution is 2.46. The van der Waals surface area contributed by atoms with E-state index in [9.17, 15) is 36.3 Å². The third-order valence-corrected chi connectivity index (χ3v) is 6.96. The maximum Gasteiger partial charge on any atom is 0.389 e. The molecule has 1 saturated carbocycles. The Morgan fingerprint density at radius 2 is 1.69 bits per heavy atom. The molecule has 39 heavy (non-hydrogen) atoms. The molecule has 208 valence electrons. The minimum Gasteiger partial charge on any atom is -0.369 e. The maximum atomic E-state index is 13.5. The molecule has 2 aromatic carbocycles. The van der Waals surface area contributed by atoms with Gasteiger partial charge in [0.1, 0.15) is 0 Å². The van der Waals surface area contributed by atoms with Crippen LogP contribution in [0.5, 0.6) is 0 Å². The van der Waals surface area contributed by atoms with Crippen molar-refractivity contribution in [1.29, 1.82) is 0 Å².